The fraction of sp³-hybridized carbons (Fsp3) is 0.476. The molecule has 0 bridgehead atoms. The van der Waals surface area contributed by atoms with Crippen molar-refractivity contribution in [1.29, 1.82) is 0 Å². The van der Waals surface area contributed by atoms with Crippen LogP contribution in [0.2, 0.25) is 5.02 Å². The molecule has 2 aliphatic heterocycles. The first-order chi connectivity index (χ1) is 14.2. The number of hydrogen-bond acceptors (Lipinski definition) is 6. The molecule has 2 aliphatic rings. The van der Waals surface area contributed by atoms with Gasteiger partial charge < -0.3 is 19.9 Å². The highest BCUT2D eigenvalue weighted by atomic mass is 35.5. The Morgan fingerprint density at radius 3 is 2.31 bits per heavy atom. The number of carbonyl (C=O) groups excluding carboxylic acids is 1. The van der Waals surface area contributed by atoms with Gasteiger partial charge in [-0.1, -0.05) is 23.7 Å². The van der Waals surface area contributed by atoms with Crippen LogP contribution in [0.1, 0.15) is 18.4 Å². The first kappa shape index (κ1) is 19.9. The molecule has 3 heterocycles. The number of amides is 1. The molecule has 1 aromatic carbocycles. The van der Waals surface area contributed by atoms with Gasteiger partial charge in [-0.3, -0.25) is 4.79 Å². The molecule has 1 N–H and O–H groups in total. The average molecular weight is 416 g/mol. The molecular weight excluding hydrogens is 390 g/mol. The number of hydrogen-bond donors (Lipinski definition) is 1. The van der Waals surface area contributed by atoms with E-state index < -0.39 is 0 Å². The second-order valence-electron chi connectivity index (χ2n) is 7.44. The minimum atomic E-state index is 0.0408. The number of anilines is 2. The van der Waals surface area contributed by atoms with E-state index in [1.165, 1.54) is 0 Å². The summed E-state index contributed by atoms with van der Waals surface area (Å²) >= 11 is 5.90. The lowest BCUT2D eigenvalue weighted by Crippen LogP contribution is -2.41. The first-order valence-corrected chi connectivity index (χ1v) is 10.5. The summed E-state index contributed by atoms with van der Waals surface area (Å²) in [4.78, 5) is 25.9. The fourth-order valence-electron chi connectivity index (χ4n) is 3.78. The summed E-state index contributed by atoms with van der Waals surface area (Å²) in [7, 11) is 0. The van der Waals surface area contributed by atoms with Gasteiger partial charge in [0.05, 0.1) is 13.2 Å². The van der Waals surface area contributed by atoms with Gasteiger partial charge in [0.15, 0.2) is 0 Å². The van der Waals surface area contributed by atoms with Gasteiger partial charge in [-0.2, -0.15) is 0 Å². The van der Waals surface area contributed by atoms with Crippen LogP contribution in [0, 0.1) is 5.92 Å². The van der Waals surface area contributed by atoms with Crippen LogP contribution < -0.4 is 15.1 Å². The Bertz CT molecular complexity index is 818. The number of aromatic nitrogens is 2. The lowest BCUT2D eigenvalue weighted by molar-refractivity contribution is -0.125. The molecule has 154 valence electrons. The van der Waals surface area contributed by atoms with Crippen molar-refractivity contribution in [2.75, 3.05) is 49.2 Å². The van der Waals surface area contributed by atoms with Gasteiger partial charge in [0.2, 0.25) is 5.91 Å². The van der Waals surface area contributed by atoms with Crippen LogP contribution in [0.4, 0.5) is 11.6 Å². The van der Waals surface area contributed by atoms with Crippen LogP contribution in [-0.4, -0.2) is 55.3 Å². The zero-order chi connectivity index (χ0) is 20.1. The summed E-state index contributed by atoms with van der Waals surface area (Å²) in [6, 6.07) is 9.61. The molecule has 2 saturated heterocycles. The highest BCUT2D eigenvalue weighted by Gasteiger charge is 2.26. The SMILES string of the molecule is O=C(NCc1ccc(Cl)cc1)C1CCN(c2cc(N3CCOCC3)ncn2)CC1. The van der Waals surface area contributed by atoms with Crippen molar-refractivity contribution in [2.24, 2.45) is 5.92 Å². The Hall–Kier alpha value is -2.38. The summed E-state index contributed by atoms with van der Waals surface area (Å²) in [6.07, 6.45) is 3.28. The van der Waals surface area contributed by atoms with Crippen LogP contribution in [0.5, 0.6) is 0 Å². The summed E-state index contributed by atoms with van der Waals surface area (Å²) in [5, 5.41) is 3.75. The molecule has 1 aromatic heterocycles. The molecule has 2 aromatic rings. The van der Waals surface area contributed by atoms with Crippen LogP contribution in [0.3, 0.4) is 0 Å². The Labute approximate surface area is 176 Å². The maximum atomic E-state index is 12.5. The Morgan fingerprint density at radius 1 is 1.03 bits per heavy atom. The van der Waals surface area contributed by atoms with Gasteiger partial charge in [-0.05, 0) is 30.5 Å². The Morgan fingerprint density at radius 2 is 1.66 bits per heavy atom. The molecule has 0 aliphatic carbocycles. The van der Waals surface area contributed by atoms with Crippen LogP contribution in [-0.2, 0) is 16.1 Å². The van der Waals surface area contributed by atoms with E-state index >= 15 is 0 Å². The second kappa shape index (κ2) is 9.41. The Kier molecular flexibility index (Phi) is 6.46. The van der Waals surface area contributed by atoms with Crippen molar-refractivity contribution in [3.8, 4) is 0 Å². The van der Waals surface area contributed by atoms with Crippen molar-refractivity contribution in [2.45, 2.75) is 19.4 Å². The number of carbonyl (C=O) groups is 1. The number of morpholine rings is 1. The van der Waals surface area contributed by atoms with E-state index in [0.717, 1.165) is 69.4 Å². The number of ether oxygens (including phenoxy) is 1. The van der Waals surface area contributed by atoms with Crippen molar-refractivity contribution >= 4 is 29.1 Å². The topological polar surface area (TPSA) is 70.6 Å². The number of nitrogens with one attached hydrogen (secondary N) is 1. The van der Waals surface area contributed by atoms with Gasteiger partial charge in [0.1, 0.15) is 18.0 Å². The highest BCUT2D eigenvalue weighted by Crippen LogP contribution is 2.24. The molecule has 0 spiro atoms. The molecule has 1 amide bonds. The lowest BCUT2D eigenvalue weighted by Gasteiger charge is -2.33. The number of rotatable bonds is 5. The predicted octanol–water partition coefficient (Wildman–Crippen LogP) is 2.50. The van der Waals surface area contributed by atoms with Crippen LogP contribution in [0.15, 0.2) is 36.7 Å². The number of nitrogens with zero attached hydrogens (tertiary/aromatic N) is 4. The molecule has 8 heteroatoms. The predicted molar refractivity (Wildman–Crippen MR) is 113 cm³/mol. The van der Waals surface area contributed by atoms with Gasteiger partial charge in [0, 0.05) is 49.7 Å². The minimum absolute atomic E-state index is 0.0408. The summed E-state index contributed by atoms with van der Waals surface area (Å²) < 4.78 is 5.42. The normalized spacial score (nSPS) is 18.0. The molecule has 29 heavy (non-hydrogen) atoms. The molecule has 4 rings (SSSR count). The third kappa shape index (κ3) is 5.16. The quantitative estimate of drug-likeness (QED) is 0.809. The molecule has 0 unspecified atom stereocenters. The van der Waals surface area contributed by atoms with E-state index in [-0.39, 0.29) is 11.8 Å². The number of halogens is 1. The monoisotopic (exact) mass is 415 g/mol. The smallest absolute Gasteiger partial charge is 0.223 e. The van der Waals surface area contributed by atoms with E-state index in [9.17, 15) is 4.79 Å². The number of piperidine rings is 1. The molecule has 0 saturated carbocycles. The molecule has 7 nitrogen and oxygen atoms in total. The maximum Gasteiger partial charge on any atom is 0.223 e. The zero-order valence-electron chi connectivity index (χ0n) is 16.4. The lowest BCUT2D eigenvalue weighted by atomic mass is 9.96. The third-order valence-electron chi connectivity index (χ3n) is 5.54. The summed E-state index contributed by atoms with van der Waals surface area (Å²) in [5.74, 6) is 2.04. The van der Waals surface area contributed by atoms with Gasteiger partial charge in [-0.15, -0.1) is 0 Å². The number of benzene rings is 1. The minimum Gasteiger partial charge on any atom is -0.378 e. The van der Waals surface area contributed by atoms with E-state index in [4.69, 9.17) is 16.3 Å². The van der Waals surface area contributed by atoms with Crippen molar-refractivity contribution in [3.05, 3.63) is 47.2 Å². The average Bonchev–Trinajstić information content (AvgIpc) is 2.79. The Balaban J connectivity index is 1.28. The van der Waals surface area contributed by atoms with Crippen LogP contribution >= 0.6 is 11.6 Å². The summed E-state index contributed by atoms with van der Waals surface area (Å²) in [6.45, 7) is 5.34. The van der Waals surface area contributed by atoms with E-state index in [2.05, 4.69) is 25.1 Å². The first-order valence-electron chi connectivity index (χ1n) is 10.1. The second-order valence-corrected chi connectivity index (χ2v) is 7.88. The standard InChI is InChI=1S/C21H26ClN5O2/c22-18-3-1-16(2-4-18)14-23-21(28)17-5-7-26(8-6-17)19-13-20(25-15-24-19)27-9-11-29-12-10-27/h1-4,13,15,17H,5-12,14H2,(H,23,28). The van der Waals surface area contributed by atoms with E-state index in [1.54, 1.807) is 6.33 Å². The van der Waals surface area contributed by atoms with Gasteiger partial charge in [-0.25, -0.2) is 9.97 Å². The molecule has 0 radical (unpaired) electrons. The van der Waals surface area contributed by atoms with E-state index in [0.29, 0.717) is 11.6 Å². The fourth-order valence-corrected chi connectivity index (χ4v) is 3.91. The molecule has 0 atom stereocenters. The third-order valence-corrected chi connectivity index (χ3v) is 5.80. The van der Waals surface area contributed by atoms with Gasteiger partial charge >= 0.3 is 0 Å². The van der Waals surface area contributed by atoms with Crippen molar-refractivity contribution < 1.29 is 9.53 Å². The van der Waals surface area contributed by atoms with E-state index in [1.807, 2.05) is 30.3 Å². The largest absolute Gasteiger partial charge is 0.378 e. The van der Waals surface area contributed by atoms with Gasteiger partial charge in [0.25, 0.3) is 0 Å². The molecule has 2 fully saturated rings. The summed E-state index contributed by atoms with van der Waals surface area (Å²) in [5.41, 5.74) is 1.05. The van der Waals surface area contributed by atoms with Crippen molar-refractivity contribution in [1.82, 2.24) is 15.3 Å². The van der Waals surface area contributed by atoms with Crippen LogP contribution in [0.25, 0.3) is 0 Å². The maximum absolute atomic E-state index is 12.5. The zero-order valence-corrected chi connectivity index (χ0v) is 17.1. The van der Waals surface area contributed by atoms with Crippen molar-refractivity contribution in [3.63, 3.8) is 0 Å². The molecular formula is C21H26ClN5O2. The highest BCUT2D eigenvalue weighted by molar-refractivity contribution is 6.30.